The number of fused-ring (bicyclic) bond motifs is 1. The Morgan fingerprint density at radius 1 is 1.20 bits per heavy atom. The van der Waals surface area contributed by atoms with Gasteiger partial charge in [0.2, 0.25) is 6.79 Å². The predicted octanol–water partition coefficient (Wildman–Crippen LogP) is 3.36. The van der Waals surface area contributed by atoms with Gasteiger partial charge in [-0.2, -0.15) is 0 Å². The monoisotopic (exact) mass is 361 g/mol. The number of hydrogen-bond acceptors (Lipinski definition) is 6. The fourth-order valence-electron chi connectivity index (χ4n) is 3.40. The minimum atomic E-state index is -0.854. The molecule has 1 aliphatic heterocycles. The highest BCUT2D eigenvalue weighted by Gasteiger charge is 2.25. The number of rotatable bonds is 5. The first kappa shape index (κ1) is 16.3. The van der Waals surface area contributed by atoms with Crippen LogP contribution in [0.3, 0.4) is 0 Å². The molecule has 0 unspecified atom stereocenters. The van der Waals surface area contributed by atoms with Crippen LogP contribution in [0, 0.1) is 0 Å². The highest BCUT2D eigenvalue weighted by Crippen LogP contribution is 2.39. The molecular formula is C17H19N3O4S. The van der Waals surface area contributed by atoms with Crippen LogP contribution in [0.25, 0.3) is 11.4 Å². The lowest BCUT2D eigenvalue weighted by molar-refractivity contribution is -0.133. The Balaban J connectivity index is 1.72. The topological polar surface area (TPSA) is 86.5 Å². The number of carboxylic acids is 1. The second-order valence-corrected chi connectivity index (χ2v) is 7.16. The Hall–Kier alpha value is -2.22. The van der Waals surface area contributed by atoms with Crippen LogP contribution in [0.5, 0.6) is 11.5 Å². The molecule has 0 saturated heterocycles. The zero-order valence-electron chi connectivity index (χ0n) is 13.7. The van der Waals surface area contributed by atoms with Crippen LogP contribution in [-0.4, -0.2) is 38.4 Å². The molecule has 1 fully saturated rings. The van der Waals surface area contributed by atoms with Gasteiger partial charge in [-0.25, -0.2) is 0 Å². The lowest BCUT2D eigenvalue weighted by Crippen LogP contribution is -2.15. The third-order valence-corrected chi connectivity index (χ3v) is 5.49. The third kappa shape index (κ3) is 3.30. The van der Waals surface area contributed by atoms with E-state index in [2.05, 4.69) is 14.8 Å². The molecule has 0 atom stereocenters. The molecule has 25 heavy (non-hydrogen) atoms. The number of ether oxygens (including phenoxy) is 2. The number of benzene rings is 1. The number of nitrogens with zero attached hydrogens (tertiary/aromatic N) is 3. The normalized spacial score (nSPS) is 17.0. The molecule has 2 aromatic rings. The van der Waals surface area contributed by atoms with E-state index in [0.717, 1.165) is 30.0 Å². The maximum atomic E-state index is 11.0. The maximum Gasteiger partial charge on any atom is 0.313 e. The zero-order chi connectivity index (χ0) is 17.2. The summed E-state index contributed by atoms with van der Waals surface area (Å²) >= 11 is 1.22. The summed E-state index contributed by atoms with van der Waals surface area (Å²) in [5, 5.41) is 18.3. The molecule has 0 bridgehead atoms. The Kier molecular flexibility index (Phi) is 4.52. The first-order valence-electron chi connectivity index (χ1n) is 8.42. The SMILES string of the molecule is O=C(O)CSc1nnc(-c2ccc3c(c2)OCO3)n1C1CCCCC1. The van der Waals surface area contributed by atoms with Crippen LogP contribution < -0.4 is 9.47 Å². The van der Waals surface area contributed by atoms with Gasteiger partial charge in [0, 0.05) is 11.6 Å². The predicted molar refractivity (Wildman–Crippen MR) is 92.1 cm³/mol. The Labute approximate surface area is 149 Å². The molecule has 1 aromatic carbocycles. The van der Waals surface area contributed by atoms with E-state index in [1.807, 2.05) is 18.2 Å². The molecule has 132 valence electrons. The van der Waals surface area contributed by atoms with Gasteiger partial charge in [0.15, 0.2) is 22.5 Å². The van der Waals surface area contributed by atoms with Crippen LogP contribution in [0.1, 0.15) is 38.1 Å². The van der Waals surface area contributed by atoms with Crippen LogP contribution in [0.2, 0.25) is 0 Å². The smallest absolute Gasteiger partial charge is 0.313 e. The summed E-state index contributed by atoms with van der Waals surface area (Å²) in [5.74, 6) is 1.32. The number of aliphatic carboxylic acids is 1. The maximum absolute atomic E-state index is 11.0. The Morgan fingerprint density at radius 2 is 2.00 bits per heavy atom. The number of carbonyl (C=O) groups is 1. The Bertz CT molecular complexity index is 786. The van der Waals surface area contributed by atoms with E-state index in [0.29, 0.717) is 16.9 Å². The van der Waals surface area contributed by atoms with E-state index in [-0.39, 0.29) is 12.5 Å². The van der Waals surface area contributed by atoms with Crippen molar-refractivity contribution in [3.8, 4) is 22.9 Å². The molecule has 8 heteroatoms. The van der Waals surface area contributed by atoms with Gasteiger partial charge in [-0.15, -0.1) is 10.2 Å². The molecule has 0 amide bonds. The van der Waals surface area contributed by atoms with Gasteiger partial charge < -0.3 is 14.6 Å². The average Bonchev–Trinajstić information content (AvgIpc) is 3.26. The highest BCUT2D eigenvalue weighted by atomic mass is 32.2. The van der Waals surface area contributed by atoms with Gasteiger partial charge in [0.1, 0.15) is 0 Å². The minimum absolute atomic E-state index is 0.0218. The second-order valence-electron chi connectivity index (χ2n) is 6.22. The molecule has 2 heterocycles. The van der Waals surface area contributed by atoms with Crippen molar-refractivity contribution in [3.05, 3.63) is 18.2 Å². The van der Waals surface area contributed by atoms with Crippen LogP contribution in [0.4, 0.5) is 0 Å². The second kappa shape index (κ2) is 6.95. The average molecular weight is 361 g/mol. The van der Waals surface area contributed by atoms with E-state index >= 15 is 0 Å². The lowest BCUT2D eigenvalue weighted by Gasteiger charge is -2.25. The fourth-order valence-corrected chi connectivity index (χ4v) is 4.13. The van der Waals surface area contributed by atoms with E-state index in [9.17, 15) is 4.79 Å². The van der Waals surface area contributed by atoms with Crippen LogP contribution in [-0.2, 0) is 4.79 Å². The van der Waals surface area contributed by atoms with E-state index in [1.54, 1.807) is 0 Å². The van der Waals surface area contributed by atoms with Crippen molar-refractivity contribution in [2.24, 2.45) is 0 Å². The number of thioether (sulfide) groups is 1. The van der Waals surface area contributed by atoms with Gasteiger partial charge >= 0.3 is 5.97 Å². The number of carboxylic acid groups (broad SMARTS) is 1. The van der Waals surface area contributed by atoms with Crippen molar-refractivity contribution in [3.63, 3.8) is 0 Å². The number of hydrogen-bond donors (Lipinski definition) is 1. The molecular weight excluding hydrogens is 342 g/mol. The summed E-state index contributed by atoms with van der Waals surface area (Å²) < 4.78 is 13.0. The third-order valence-electron chi connectivity index (χ3n) is 4.56. The van der Waals surface area contributed by atoms with Crippen molar-refractivity contribution in [2.75, 3.05) is 12.5 Å². The van der Waals surface area contributed by atoms with Gasteiger partial charge in [-0.1, -0.05) is 31.0 Å². The van der Waals surface area contributed by atoms with Gasteiger partial charge in [0.25, 0.3) is 0 Å². The van der Waals surface area contributed by atoms with Crippen molar-refractivity contribution in [1.82, 2.24) is 14.8 Å². The highest BCUT2D eigenvalue weighted by molar-refractivity contribution is 7.99. The van der Waals surface area contributed by atoms with Crippen molar-refractivity contribution < 1.29 is 19.4 Å². The van der Waals surface area contributed by atoms with Crippen molar-refractivity contribution in [1.29, 1.82) is 0 Å². The molecule has 2 aliphatic rings. The standard InChI is InChI=1S/C17H19N3O4S/c21-15(22)9-25-17-19-18-16(20(17)12-4-2-1-3-5-12)11-6-7-13-14(8-11)24-10-23-13/h6-8,12H,1-5,9-10H2,(H,21,22). The lowest BCUT2D eigenvalue weighted by atomic mass is 9.95. The van der Waals surface area contributed by atoms with E-state index in [1.165, 1.54) is 31.0 Å². The molecule has 1 aromatic heterocycles. The number of aromatic nitrogens is 3. The summed E-state index contributed by atoms with van der Waals surface area (Å²) in [6.45, 7) is 0.230. The summed E-state index contributed by atoms with van der Waals surface area (Å²) in [7, 11) is 0. The summed E-state index contributed by atoms with van der Waals surface area (Å²) in [6.07, 6.45) is 5.72. The summed E-state index contributed by atoms with van der Waals surface area (Å²) in [5.41, 5.74) is 0.907. The molecule has 1 aliphatic carbocycles. The van der Waals surface area contributed by atoms with Crippen molar-refractivity contribution in [2.45, 2.75) is 43.3 Å². The molecule has 1 N–H and O–H groups in total. The summed E-state index contributed by atoms with van der Waals surface area (Å²) in [6, 6.07) is 6.04. The van der Waals surface area contributed by atoms with Crippen LogP contribution in [0.15, 0.2) is 23.4 Å². The summed E-state index contributed by atoms with van der Waals surface area (Å²) in [4.78, 5) is 11.0. The first-order chi connectivity index (χ1) is 12.2. The van der Waals surface area contributed by atoms with Gasteiger partial charge in [0.05, 0.1) is 5.75 Å². The first-order valence-corrected chi connectivity index (χ1v) is 9.40. The molecule has 7 nitrogen and oxygen atoms in total. The van der Waals surface area contributed by atoms with Gasteiger partial charge in [-0.05, 0) is 31.0 Å². The minimum Gasteiger partial charge on any atom is -0.481 e. The quantitative estimate of drug-likeness (QED) is 0.817. The van der Waals surface area contributed by atoms with Crippen LogP contribution >= 0.6 is 11.8 Å². The van der Waals surface area contributed by atoms with E-state index < -0.39 is 5.97 Å². The van der Waals surface area contributed by atoms with Gasteiger partial charge in [-0.3, -0.25) is 9.36 Å². The molecule has 0 spiro atoms. The Morgan fingerprint density at radius 3 is 2.80 bits per heavy atom. The molecule has 4 rings (SSSR count). The largest absolute Gasteiger partial charge is 0.481 e. The zero-order valence-corrected chi connectivity index (χ0v) is 14.5. The van der Waals surface area contributed by atoms with E-state index in [4.69, 9.17) is 14.6 Å². The van der Waals surface area contributed by atoms with Crippen molar-refractivity contribution >= 4 is 17.7 Å². The fraction of sp³-hybridized carbons (Fsp3) is 0.471. The molecule has 0 radical (unpaired) electrons. The molecule has 1 saturated carbocycles.